The number of likely N-dealkylation sites (N-methyl/N-ethyl adjacent to an activating group) is 1. The summed E-state index contributed by atoms with van der Waals surface area (Å²) in [5.74, 6) is -0.0143. The normalized spacial score (nSPS) is 14.6. The van der Waals surface area contributed by atoms with Crippen molar-refractivity contribution in [2.45, 2.75) is 6.92 Å². The number of carbonyl (C=O) groups excluding carboxylic acids is 1. The van der Waals surface area contributed by atoms with Crippen molar-refractivity contribution in [2.24, 2.45) is 0 Å². The molecule has 0 N–H and O–H groups in total. The molecular formula is C23H23ClN4O3. The summed E-state index contributed by atoms with van der Waals surface area (Å²) in [6.45, 7) is 4.94. The van der Waals surface area contributed by atoms with E-state index >= 15 is 0 Å². The van der Waals surface area contributed by atoms with Crippen molar-refractivity contribution < 1.29 is 9.72 Å². The molecule has 1 saturated heterocycles. The van der Waals surface area contributed by atoms with Gasteiger partial charge in [0.2, 0.25) is 0 Å². The number of carbonyl (C=O) groups is 1. The fourth-order valence-corrected chi connectivity index (χ4v) is 4.13. The lowest BCUT2D eigenvalue weighted by atomic mass is 10.1. The van der Waals surface area contributed by atoms with Crippen LogP contribution in [-0.4, -0.2) is 58.4 Å². The quantitative estimate of drug-likeness (QED) is 0.447. The number of non-ortho nitro benzene ring substituents is 1. The zero-order valence-corrected chi connectivity index (χ0v) is 18.2. The Morgan fingerprint density at radius 2 is 1.68 bits per heavy atom. The molecule has 0 saturated carbocycles. The van der Waals surface area contributed by atoms with Crippen molar-refractivity contribution in [1.29, 1.82) is 0 Å². The number of hydrogen-bond donors (Lipinski definition) is 0. The zero-order valence-electron chi connectivity index (χ0n) is 17.4. The Morgan fingerprint density at radius 1 is 1.03 bits per heavy atom. The SMILES string of the molecule is Cc1c(C(=O)N2CCN(C)CC2)cc(-c2ccc([N+](=O)[O-])cc2)n1-c1ccccc1Cl. The van der Waals surface area contributed by atoms with Crippen LogP contribution in [0.1, 0.15) is 16.1 Å². The van der Waals surface area contributed by atoms with Gasteiger partial charge >= 0.3 is 0 Å². The van der Waals surface area contributed by atoms with Crippen LogP contribution in [0.15, 0.2) is 54.6 Å². The fourth-order valence-electron chi connectivity index (χ4n) is 3.91. The van der Waals surface area contributed by atoms with Crippen molar-refractivity contribution in [3.63, 3.8) is 0 Å². The van der Waals surface area contributed by atoms with Gasteiger partial charge in [0.25, 0.3) is 11.6 Å². The van der Waals surface area contributed by atoms with E-state index < -0.39 is 4.92 Å². The standard InChI is InChI=1S/C23H23ClN4O3/c1-16-19(23(29)26-13-11-25(2)12-14-26)15-22(17-7-9-18(10-8-17)28(30)31)27(16)21-6-4-3-5-20(21)24/h3-10,15H,11-14H2,1-2H3. The Kier molecular flexibility index (Phi) is 5.80. The number of nitro groups is 1. The highest BCUT2D eigenvalue weighted by atomic mass is 35.5. The van der Waals surface area contributed by atoms with Crippen LogP contribution in [0.4, 0.5) is 5.69 Å². The molecule has 0 bridgehead atoms. The van der Waals surface area contributed by atoms with Gasteiger partial charge in [-0.3, -0.25) is 14.9 Å². The van der Waals surface area contributed by atoms with Crippen molar-refractivity contribution in [3.8, 4) is 16.9 Å². The summed E-state index contributed by atoms with van der Waals surface area (Å²) in [5, 5.41) is 11.6. The third kappa shape index (κ3) is 4.06. The maximum Gasteiger partial charge on any atom is 0.269 e. The van der Waals surface area contributed by atoms with E-state index in [9.17, 15) is 14.9 Å². The van der Waals surface area contributed by atoms with Crippen LogP contribution in [0.5, 0.6) is 0 Å². The molecule has 8 heteroatoms. The second-order valence-electron chi connectivity index (χ2n) is 7.71. The van der Waals surface area contributed by atoms with Gasteiger partial charge in [-0.25, -0.2) is 0 Å². The number of para-hydroxylation sites is 1. The Morgan fingerprint density at radius 3 is 2.29 bits per heavy atom. The second kappa shape index (κ2) is 8.53. The fraction of sp³-hybridized carbons (Fsp3) is 0.261. The van der Waals surface area contributed by atoms with Crippen molar-refractivity contribution in [2.75, 3.05) is 33.2 Å². The monoisotopic (exact) mass is 438 g/mol. The molecular weight excluding hydrogens is 416 g/mol. The Balaban J connectivity index is 1.83. The van der Waals surface area contributed by atoms with Gasteiger partial charge in [-0.2, -0.15) is 0 Å². The maximum absolute atomic E-state index is 13.4. The first-order chi connectivity index (χ1) is 14.9. The predicted octanol–water partition coefficient (Wildman–Crippen LogP) is 4.40. The van der Waals surface area contributed by atoms with Gasteiger partial charge in [0, 0.05) is 44.0 Å². The molecule has 0 spiro atoms. The lowest BCUT2D eigenvalue weighted by Crippen LogP contribution is -2.47. The van der Waals surface area contributed by atoms with E-state index in [1.54, 1.807) is 18.2 Å². The van der Waals surface area contributed by atoms with E-state index in [2.05, 4.69) is 4.90 Å². The minimum absolute atomic E-state index is 0.0143. The molecule has 160 valence electrons. The molecule has 3 aromatic rings. The smallest absolute Gasteiger partial charge is 0.269 e. The van der Waals surface area contributed by atoms with Gasteiger partial charge in [-0.05, 0) is 49.9 Å². The zero-order chi connectivity index (χ0) is 22.1. The molecule has 1 aliphatic rings. The van der Waals surface area contributed by atoms with E-state index in [-0.39, 0.29) is 11.6 Å². The molecule has 1 amide bonds. The van der Waals surface area contributed by atoms with E-state index in [0.717, 1.165) is 35.7 Å². The first-order valence-corrected chi connectivity index (χ1v) is 10.4. The maximum atomic E-state index is 13.4. The van der Waals surface area contributed by atoms with Crippen LogP contribution in [0, 0.1) is 17.0 Å². The number of amides is 1. The van der Waals surface area contributed by atoms with Crippen LogP contribution >= 0.6 is 11.6 Å². The first kappa shape index (κ1) is 21.1. The molecule has 31 heavy (non-hydrogen) atoms. The van der Waals surface area contributed by atoms with Crippen LogP contribution in [0.2, 0.25) is 5.02 Å². The van der Waals surface area contributed by atoms with E-state index in [0.29, 0.717) is 23.7 Å². The van der Waals surface area contributed by atoms with Gasteiger partial charge in [-0.15, -0.1) is 0 Å². The average Bonchev–Trinajstić information content (AvgIpc) is 3.11. The van der Waals surface area contributed by atoms with E-state index in [1.165, 1.54) is 12.1 Å². The summed E-state index contributed by atoms with van der Waals surface area (Å²) in [4.78, 5) is 28.1. The van der Waals surface area contributed by atoms with Crippen LogP contribution in [-0.2, 0) is 0 Å². The van der Waals surface area contributed by atoms with Gasteiger partial charge in [0.05, 0.1) is 26.9 Å². The third-order valence-corrected chi connectivity index (χ3v) is 6.05. The number of nitro benzene ring substituents is 1. The number of benzene rings is 2. The Bertz CT molecular complexity index is 1130. The van der Waals surface area contributed by atoms with Gasteiger partial charge in [0.1, 0.15) is 0 Å². The minimum atomic E-state index is -0.426. The van der Waals surface area contributed by atoms with Gasteiger partial charge < -0.3 is 14.4 Å². The molecule has 1 aromatic heterocycles. The molecule has 4 rings (SSSR count). The van der Waals surface area contributed by atoms with Crippen LogP contribution in [0.25, 0.3) is 16.9 Å². The molecule has 2 aromatic carbocycles. The Labute approximate surface area is 185 Å². The molecule has 1 fully saturated rings. The molecule has 0 radical (unpaired) electrons. The largest absolute Gasteiger partial charge is 0.336 e. The molecule has 0 unspecified atom stereocenters. The number of nitrogens with zero attached hydrogens (tertiary/aromatic N) is 4. The van der Waals surface area contributed by atoms with Gasteiger partial charge in [-0.1, -0.05) is 23.7 Å². The Hall–Kier alpha value is -3.16. The number of hydrogen-bond acceptors (Lipinski definition) is 4. The van der Waals surface area contributed by atoms with E-state index in [1.807, 2.05) is 47.7 Å². The summed E-state index contributed by atoms with van der Waals surface area (Å²) < 4.78 is 1.95. The predicted molar refractivity (Wildman–Crippen MR) is 121 cm³/mol. The molecule has 2 heterocycles. The minimum Gasteiger partial charge on any atom is -0.336 e. The summed E-state index contributed by atoms with van der Waals surface area (Å²) in [6.07, 6.45) is 0. The first-order valence-electron chi connectivity index (χ1n) is 10.1. The van der Waals surface area contributed by atoms with E-state index in [4.69, 9.17) is 11.6 Å². The molecule has 7 nitrogen and oxygen atoms in total. The molecule has 0 atom stereocenters. The number of rotatable bonds is 4. The number of halogens is 1. The summed E-state index contributed by atoms with van der Waals surface area (Å²) in [6, 6.07) is 15.6. The van der Waals surface area contributed by atoms with Crippen molar-refractivity contribution in [3.05, 3.63) is 81.0 Å². The van der Waals surface area contributed by atoms with Crippen LogP contribution in [0.3, 0.4) is 0 Å². The molecule has 0 aliphatic carbocycles. The number of aromatic nitrogens is 1. The summed E-state index contributed by atoms with van der Waals surface area (Å²) in [5.41, 5.74) is 3.70. The lowest BCUT2D eigenvalue weighted by Gasteiger charge is -2.32. The second-order valence-corrected chi connectivity index (χ2v) is 8.12. The highest BCUT2D eigenvalue weighted by Gasteiger charge is 2.26. The van der Waals surface area contributed by atoms with Crippen LogP contribution < -0.4 is 0 Å². The molecule has 1 aliphatic heterocycles. The summed E-state index contributed by atoms with van der Waals surface area (Å²) >= 11 is 6.50. The summed E-state index contributed by atoms with van der Waals surface area (Å²) in [7, 11) is 2.05. The van der Waals surface area contributed by atoms with Crippen molar-refractivity contribution >= 4 is 23.2 Å². The average molecular weight is 439 g/mol. The number of piperazine rings is 1. The third-order valence-electron chi connectivity index (χ3n) is 5.74. The van der Waals surface area contributed by atoms with Crippen molar-refractivity contribution in [1.82, 2.24) is 14.4 Å². The topological polar surface area (TPSA) is 71.6 Å². The highest BCUT2D eigenvalue weighted by Crippen LogP contribution is 2.33. The van der Waals surface area contributed by atoms with Gasteiger partial charge in [0.15, 0.2) is 0 Å². The highest BCUT2D eigenvalue weighted by molar-refractivity contribution is 6.32. The lowest BCUT2D eigenvalue weighted by molar-refractivity contribution is -0.384.